The molecule has 5 nitrogen and oxygen atoms in total. The molecular weight excluding hydrogens is 288 g/mol. The SMILES string of the molecule is CCN(CC)C(=O)CCNc1nnc(Cl)c2ccccc12. The van der Waals surface area contributed by atoms with Gasteiger partial charge in [0.2, 0.25) is 5.91 Å². The van der Waals surface area contributed by atoms with Crippen molar-refractivity contribution in [3.8, 4) is 0 Å². The highest BCUT2D eigenvalue weighted by Gasteiger charge is 2.10. The monoisotopic (exact) mass is 306 g/mol. The zero-order valence-electron chi connectivity index (χ0n) is 12.3. The Balaban J connectivity index is 2.05. The number of hydrogen-bond donors (Lipinski definition) is 1. The van der Waals surface area contributed by atoms with Crippen LogP contribution in [-0.2, 0) is 4.79 Å². The Morgan fingerprint density at radius 1 is 1.19 bits per heavy atom. The number of halogens is 1. The van der Waals surface area contributed by atoms with Crippen LogP contribution in [0.25, 0.3) is 10.8 Å². The topological polar surface area (TPSA) is 58.1 Å². The molecule has 0 spiro atoms. The third kappa shape index (κ3) is 3.61. The standard InChI is InChI=1S/C15H19ClN4O/c1-3-20(4-2)13(21)9-10-17-15-12-8-6-5-7-11(12)14(16)18-19-15/h5-8H,3-4,9-10H2,1-2H3,(H,17,19). The Kier molecular flexibility index (Phi) is 5.33. The van der Waals surface area contributed by atoms with Gasteiger partial charge in [-0.1, -0.05) is 35.9 Å². The van der Waals surface area contributed by atoms with E-state index >= 15 is 0 Å². The predicted octanol–water partition coefficient (Wildman–Crippen LogP) is 2.95. The van der Waals surface area contributed by atoms with Crippen LogP contribution in [0.3, 0.4) is 0 Å². The van der Waals surface area contributed by atoms with E-state index in [9.17, 15) is 4.79 Å². The van der Waals surface area contributed by atoms with Crippen LogP contribution in [0.4, 0.5) is 5.82 Å². The third-order valence-electron chi connectivity index (χ3n) is 3.39. The van der Waals surface area contributed by atoms with Crippen molar-refractivity contribution >= 4 is 34.1 Å². The number of fused-ring (bicyclic) bond motifs is 1. The quantitative estimate of drug-likeness (QED) is 0.891. The van der Waals surface area contributed by atoms with Gasteiger partial charge in [0.1, 0.15) is 0 Å². The zero-order chi connectivity index (χ0) is 15.2. The van der Waals surface area contributed by atoms with Crippen molar-refractivity contribution < 1.29 is 4.79 Å². The van der Waals surface area contributed by atoms with E-state index in [-0.39, 0.29) is 5.91 Å². The Labute approximate surface area is 129 Å². The minimum Gasteiger partial charge on any atom is -0.368 e. The molecule has 0 atom stereocenters. The first kappa shape index (κ1) is 15.5. The van der Waals surface area contributed by atoms with Crippen molar-refractivity contribution in [2.45, 2.75) is 20.3 Å². The molecule has 0 saturated heterocycles. The van der Waals surface area contributed by atoms with E-state index in [1.807, 2.05) is 43.0 Å². The van der Waals surface area contributed by atoms with Gasteiger partial charge in [-0.3, -0.25) is 4.79 Å². The molecule has 0 aliphatic rings. The predicted molar refractivity (Wildman–Crippen MR) is 85.6 cm³/mol. The van der Waals surface area contributed by atoms with E-state index in [0.717, 1.165) is 23.9 Å². The minimum atomic E-state index is 0.138. The number of nitrogens with one attached hydrogen (secondary N) is 1. The molecule has 6 heteroatoms. The number of carbonyl (C=O) groups is 1. The maximum Gasteiger partial charge on any atom is 0.224 e. The molecule has 1 aromatic carbocycles. The van der Waals surface area contributed by atoms with Crippen molar-refractivity contribution in [2.75, 3.05) is 25.0 Å². The molecule has 1 heterocycles. The van der Waals surface area contributed by atoms with E-state index < -0.39 is 0 Å². The Hall–Kier alpha value is -1.88. The first-order valence-corrected chi connectivity index (χ1v) is 7.47. The molecule has 0 aliphatic heterocycles. The maximum absolute atomic E-state index is 11.9. The number of aromatic nitrogens is 2. The maximum atomic E-state index is 11.9. The second kappa shape index (κ2) is 7.22. The number of hydrogen-bond acceptors (Lipinski definition) is 4. The minimum absolute atomic E-state index is 0.138. The molecule has 0 saturated carbocycles. The largest absolute Gasteiger partial charge is 0.368 e. The number of carbonyl (C=O) groups excluding carboxylic acids is 1. The highest BCUT2D eigenvalue weighted by atomic mass is 35.5. The van der Waals surface area contributed by atoms with E-state index in [1.54, 1.807) is 0 Å². The lowest BCUT2D eigenvalue weighted by Gasteiger charge is -2.18. The first-order chi connectivity index (χ1) is 10.2. The number of rotatable bonds is 6. The summed E-state index contributed by atoms with van der Waals surface area (Å²) in [5, 5.41) is 13.3. The van der Waals surface area contributed by atoms with Gasteiger partial charge in [-0.25, -0.2) is 0 Å². The summed E-state index contributed by atoms with van der Waals surface area (Å²) in [6.45, 7) is 5.95. The van der Waals surface area contributed by atoms with Gasteiger partial charge < -0.3 is 10.2 Å². The molecule has 0 fully saturated rings. The number of nitrogens with zero attached hydrogens (tertiary/aromatic N) is 3. The van der Waals surface area contributed by atoms with Gasteiger partial charge in [0.15, 0.2) is 11.0 Å². The van der Waals surface area contributed by atoms with Crippen LogP contribution in [0, 0.1) is 0 Å². The molecule has 2 rings (SSSR count). The lowest BCUT2D eigenvalue weighted by atomic mass is 10.2. The van der Waals surface area contributed by atoms with Crippen LogP contribution in [-0.4, -0.2) is 40.6 Å². The van der Waals surface area contributed by atoms with Gasteiger partial charge in [0.05, 0.1) is 0 Å². The van der Waals surface area contributed by atoms with Crippen molar-refractivity contribution in [2.24, 2.45) is 0 Å². The number of benzene rings is 1. The molecule has 0 bridgehead atoms. The lowest BCUT2D eigenvalue weighted by Crippen LogP contribution is -2.31. The Morgan fingerprint density at radius 3 is 2.52 bits per heavy atom. The molecule has 0 radical (unpaired) electrons. The van der Waals surface area contributed by atoms with Crippen molar-refractivity contribution in [3.05, 3.63) is 29.4 Å². The van der Waals surface area contributed by atoms with Crippen LogP contribution < -0.4 is 5.32 Å². The van der Waals surface area contributed by atoms with E-state index in [1.165, 1.54) is 0 Å². The van der Waals surface area contributed by atoms with Crippen LogP contribution in [0.15, 0.2) is 24.3 Å². The molecule has 1 amide bonds. The summed E-state index contributed by atoms with van der Waals surface area (Å²) < 4.78 is 0. The average Bonchev–Trinajstić information content (AvgIpc) is 2.51. The summed E-state index contributed by atoms with van der Waals surface area (Å²) in [6.07, 6.45) is 0.431. The Bertz CT molecular complexity index is 628. The van der Waals surface area contributed by atoms with Crippen molar-refractivity contribution in [3.63, 3.8) is 0 Å². The number of anilines is 1. The summed E-state index contributed by atoms with van der Waals surface area (Å²) in [6, 6.07) is 7.67. The van der Waals surface area contributed by atoms with E-state index in [4.69, 9.17) is 11.6 Å². The van der Waals surface area contributed by atoms with E-state index in [0.29, 0.717) is 23.9 Å². The molecule has 112 valence electrons. The highest BCUT2D eigenvalue weighted by molar-refractivity contribution is 6.34. The van der Waals surface area contributed by atoms with Crippen molar-refractivity contribution in [1.82, 2.24) is 15.1 Å². The normalized spacial score (nSPS) is 10.6. The van der Waals surface area contributed by atoms with Gasteiger partial charge in [-0.15, -0.1) is 10.2 Å². The third-order valence-corrected chi connectivity index (χ3v) is 3.67. The zero-order valence-corrected chi connectivity index (χ0v) is 13.0. The summed E-state index contributed by atoms with van der Waals surface area (Å²) in [7, 11) is 0. The second-order valence-electron chi connectivity index (χ2n) is 4.63. The highest BCUT2D eigenvalue weighted by Crippen LogP contribution is 2.25. The lowest BCUT2D eigenvalue weighted by molar-refractivity contribution is -0.130. The average molecular weight is 307 g/mol. The summed E-state index contributed by atoms with van der Waals surface area (Å²) in [5.41, 5.74) is 0. The smallest absolute Gasteiger partial charge is 0.224 e. The molecule has 1 aromatic heterocycles. The van der Waals surface area contributed by atoms with Gasteiger partial charge in [-0.2, -0.15) is 0 Å². The summed E-state index contributed by atoms with van der Waals surface area (Å²) in [4.78, 5) is 13.8. The second-order valence-corrected chi connectivity index (χ2v) is 4.99. The van der Waals surface area contributed by atoms with Crippen LogP contribution in [0.1, 0.15) is 20.3 Å². The van der Waals surface area contributed by atoms with Gasteiger partial charge in [-0.05, 0) is 13.8 Å². The fourth-order valence-electron chi connectivity index (χ4n) is 2.22. The molecule has 0 unspecified atom stereocenters. The van der Waals surface area contributed by atoms with Gasteiger partial charge >= 0.3 is 0 Å². The van der Waals surface area contributed by atoms with Crippen LogP contribution in [0.5, 0.6) is 0 Å². The molecule has 21 heavy (non-hydrogen) atoms. The van der Waals surface area contributed by atoms with E-state index in [2.05, 4.69) is 15.5 Å². The number of amides is 1. The molecule has 1 N–H and O–H groups in total. The summed E-state index contributed by atoms with van der Waals surface area (Å²) in [5.74, 6) is 0.793. The molecule has 0 aliphatic carbocycles. The van der Waals surface area contributed by atoms with Gasteiger partial charge in [0.25, 0.3) is 0 Å². The van der Waals surface area contributed by atoms with Gasteiger partial charge in [0, 0.05) is 36.8 Å². The molecular formula is C15H19ClN4O. The van der Waals surface area contributed by atoms with Crippen LogP contribution in [0.2, 0.25) is 5.15 Å². The first-order valence-electron chi connectivity index (χ1n) is 7.10. The summed E-state index contributed by atoms with van der Waals surface area (Å²) >= 11 is 6.03. The Morgan fingerprint density at radius 2 is 1.86 bits per heavy atom. The fraction of sp³-hybridized carbons (Fsp3) is 0.400. The molecule has 2 aromatic rings. The fourth-order valence-corrected chi connectivity index (χ4v) is 2.43. The van der Waals surface area contributed by atoms with Crippen molar-refractivity contribution in [1.29, 1.82) is 0 Å². The van der Waals surface area contributed by atoms with Crippen LogP contribution >= 0.6 is 11.6 Å².